The van der Waals surface area contributed by atoms with Crippen molar-refractivity contribution in [2.45, 2.75) is 24.6 Å². The van der Waals surface area contributed by atoms with Crippen molar-refractivity contribution < 1.29 is 27.2 Å². The number of nitrogens with zero attached hydrogens (tertiary/aromatic N) is 1. The van der Waals surface area contributed by atoms with Crippen molar-refractivity contribution in [1.82, 2.24) is 10.0 Å². The molecule has 1 atom stereocenters. The molecule has 10 heteroatoms. The zero-order chi connectivity index (χ0) is 20.4. The molecule has 2 aromatic rings. The Labute approximate surface area is 154 Å². The molecule has 27 heavy (non-hydrogen) atoms. The van der Waals surface area contributed by atoms with Gasteiger partial charge in [-0.25, -0.2) is 22.7 Å². The fourth-order valence-corrected chi connectivity index (χ4v) is 3.31. The lowest BCUT2D eigenvalue weighted by Crippen LogP contribution is -2.49. The molecule has 0 aliphatic heterocycles. The minimum atomic E-state index is -3.88. The lowest BCUT2D eigenvalue weighted by Gasteiger charge is -2.25. The van der Waals surface area contributed by atoms with Gasteiger partial charge < -0.3 is 4.57 Å². The third-order valence-corrected chi connectivity index (χ3v) is 6.51. The summed E-state index contributed by atoms with van der Waals surface area (Å²) in [5, 5.41) is 8.80. The molecule has 1 heterocycles. The number of aromatic nitrogens is 1. The monoisotopic (exact) mass is 400 g/mol. The summed E-state index contributed by atoms with van der Waals surface area (Å²) < 4.78 is 49.5. The third-order valence-electron chi connectivity index (χ3n) is 4.48. The number of carbonyl (C=O) groups is 1. The SMILES string of the molecule is CC(CCn1ccc(-c2ccc(F)c(F)c2)cc1=O)(C(=O)NO)S(C)(=O)=O. The maximum Gasteiger partial charge on any atom is 0.264 e. The Morgan fingerprint density at radius 3 is 2.33 bits per heavy atom. The average molecular weight is 400 g/mol. The number of hydroxylamine groups is 1. The van der Waals surface area contributed by atoms with Gasteiger partial charge in [0.05, 0.1) is 0 Å². The predicted octanol–water partition coefficient (Wildman–Crippen LogP) is 1.49. The van der Waals surface area contributed by atoms with Crippen LogP contribution in [0.1, 0.15) is 13.3 Å². The van der Waals surface area contributed by atoms with E-state index in [1.54, 1.807) is 0 Å². The molecule has 0 bridgehead atoms. The molecule has 0 aliphatic carbocycles. The van der Waals surface area contributed by atoms with Gasteiger partial charge in [-0.3, -0.25) is 14.8 Å². The van der Waals surface area contributed by atoms with E-state index < -0.39 is 37.7 Å². The van der Waals surface area contributed by atoms with Crippen LogP contribution in [0.25, 0.3) is 11.1 Å². The van der Waals surface area contributed by atoms with Crippen LogP contribution < -0.4 is 11.0 Å². The molecule has 1 unspecified atom stereocenters. The predicted molar refractivity (Wildman–Crippen MR) is 93.8 cm³/mol. The summed E-state index contributed by atoms with van der Waals surface area (Å²) in [6, 6.07) is 5.90. The van der Waals surface area contributed by atoms with Gasteiger partial charge in [0.15, 0.2) is 26.2 Å². The summed E-state index contributed by atoms with van der Waals surface area (Å²) in [4.78, 5) is 24.1. The van der Waals surface area contributed by atoms with E-state index in [1.165, 1.54) is 34.4 Å². The normalized spacial score (nSPS) is 13.8. The molecular formula is C17H18F2N2O5S. The Balaban J connectivity index is 2.29. The Hall–Kier alpha value is -2.59. The standard InChI is InChI=1S/C17H18F2N2O5S/c1-17(16(23)20-24,27(2,25)26)6-8-21-7-5-12(10-15(21)22)11-3-4-13(18)14(19)9-11/h3-5,7,9-10,24H,6,8H2,1-2H3,(H,20,23). The molecule has 0 saturated heterocycles. The molecule has 0 saturated carbocycles. The molecule has 146 valence electrons. The summed E-state index contributed by atoms with van der Waals surface area (Å²) in [5.41, 5.74) is 1.48. The van der Waals surface area contributed by atoms with Crippen LogP contribution in [0.3, 0.4) is 0 Å². The van der Waals surface area contributed by atoms with E-state index in [1.807, 2.05) is 0 Å². The highest BCUT2D eigenvalue weighted by atomic mass is 32.2. The second kappa shape index (κ2) is 7.57. The molecule has 0 spiro atoms. The van der Waals surface area contributed by atoms with E-state index in [-0.39, 0.29) is 13.0 Å². The number of aryl methyl sites for hydroxylation is 1. The highest BCUT2D eigenvalue weighted by Gasteiger charge is 2.43. The van der Waals surface area contributed by atoms with Crippen molar-refractivity contribution in [3.05, 3.63) is 58.5 Å². The first-order valence-corrected chi connectivity index (χ1v) is 9.69. The van der Waals surface area contributed by atoms with Crippen molar-refractivity contribution in [1.29, 1.82) is 0 Å². The summed E-state index contributed by atoms with van der Waals surface area (Å²) in [6.45, 7) is 1.03. The zero-order valence-corrected chi connectivity index (χ0v) is 15.4. The summed E-state index contributed by atoms with van der Waals surface area (Å²) in [7, 11) is -3.88. The van der Waals surface area contributed by atoms with Gasteiger partial charge in [-0.1, -0.05) is 6.07 Å². The van der Waals surface area contributed by atoms with E-state index >= 15 is 0 Å². The molecule has 0 fully saturated rings. The number of carbonyl (C=O) groups excluding carboxylic acids is 1. The first-order chi connectivity index (χ1) is 12.5. The third kappa shape index (κ3) is 4.22. The van der Waals surface area contributed by atoms with E-state index in [9.17, 15) is 26.8 Å². The van der Waals surface area contributed by atoms with Crippen molar-refractivity contribution in [3.8, 4) is 11.1 Å². The molecule has 7 nitrogen and oxygen atoms in total. The number of sulfone groups is 1. The minimum Gasteiger partial charge on any atom is -0.315 e. The number of rotatable bonds is 6. The number of hydrogen-bond acceptors (Lipinski definition) is 5. The van der Waals surface area contributed by atoms with Crippen LogP contribution in [0.5, 0.6) is 0 Å². The van der Waals surface area contributed by atoms with E-state index in [2.05, 4.69) is 0 Å². The van der Waals surface area contributed by atoms with Gasteiger partial charge in [-0.2, -0.15) is 0 Å². The molecule has 1 aromatic heterocycles. The molecule has 1 amide bonds. The van der Waals surface area contributed by atoms with Gasteiger partial charge in [0.1, 0.15) is 0 Å². The Kier molecular flexibility index (Phi) is 5.81. The van der Waals surface area contributed by atoms with Crippen molar-refractivity contribution >= 4 is 15.7 Å². The number of amides is 1. The van der Waals surface area contributed by atoms with E-state index in [0.29, 0.717) is 11.1 Å². The second-order valence-electron chi connectivity index (χ2n) is 6.27. The fraction of sp³-hybridized carbons (Fsp3) is 0.294. The van der Waals surface area contributed by atoms with Crippen molar-refractivity contribution in [3.63, 3.8) is 0 Å². The minimum absolute atomic E-state index is 0.117. The molecular weight excluding hydrogens is 382 g/mol. The highest BCUT2D eigenvalue weighted by Crippen LogP contribution is 2.23. The number of hydrogen-bond donors (Lipinski definition) is 2. The van der Waals surface area contributed by atoms with Crippen LogP contribution in [0.2, 0.25) is 0 Å². The van der Waals surface area contributed by atoms with Crippen molar-refractivity contribution in [2.24, 2.45) is 0 Å². The molecule has 2 N–H and O–H groups in total. The maximum atomic E-state index is 13.3. The fourth-order valence-electron chi connectivity index (χ4n) is 2.47. The van der Waals surface area contributed by atoms with Crippen LogP contribution in [-0.2, 0) is 21.2 Å². The van der Waals surface area contributed by atoms with E-state index in [0.717, 1.165) is 25.3 Å². The van der Waals surface area contributed by atoms with E-state index in [4.69, 9.17) is 5.21 Å². The van der Waals surface area contributed by atoms with Crippen LogP contribution in [0, 0.1) is 11.6 Å². The first kappa shape index (κ1) is 20.7. The van der Waals surface area contributed by atoms with Crippen LogP contribution in [0.15, 0.2) is 41.3 Å². The van der Waals surface area contributed by atoms with Crippen LogP contribution in [0.4, 0.5) is 8.78 Å². The summed E-state index contributed by atoms with van der Waals surface area (Å²) in [5.74, 6) is -3.15. The topological polar surface area (TPSA) is 105 Å². The Morgan fingerprint density at radius 2 is 1.81 bits per heavy atom. The van der Waals surface area contributed by atoms with Gasteiger partial charge in [-0.15, -0.1) is 0 Å². The largest absolute Gasteiger partial charge is 0.315 e. The Morgan fingerprint density at radius 1 is 1.19 bits per heavy atom. The van der Waals surface area contributed by atoms with Crippen LogP contribution >= 0.6 is 0 Å². The zero-order valence-electron chi connectivity index (χ0n) is 14.6. The second-order valence-corrected chi connectivity index (χ2v) is 8.72. The Bertz CT molecular complexity index is 1040. The molecule has 1 aromatic carbocycles. The molecule has 2 rings (SSSR count). The summed E-state index contributed by atoms with van der Waals surface area (Å²) >= 11 is 0. The van der Waals surface area contributed by atoms with Crippen LogP contribution in [-0.4, -0.2) is 35.1 Å². The highest BCUT2D eigenvalue weighted by molar-refractivity contribution is 7.92. The summed E-state index contributed by atoms with van der Waals surface area (Å²) in [6.07, 6.45) is 1.96. The number of nitrogens with one attached hydrogen (secondary N) is 1. The van der Waals surface area contributed by atoms with Crippen molar-refractivity contribution in [2.75, 3.05) is 6.26 Å². The number of halogens is 2. The average Bonchev–Trinajstić information content (AvgIpc) is 2.60. The van der Waals surface area contributed by atoms with Gasteiger partial charge in [0.25, 0.3) is 11.5 Å². The van der Waals surface area contributed by atoms with Gasteiger partial charge in [0.2, 0.25) is 0 Å². The lowest BCUT2D eigenvalue weighted by atomic mass is 10.1. The molecule has 0 aliphatic rings. The lowest BCUT2D eigenvalue weighted by molar-refractivity contribution is -0.131. The van der Waals surface area contributed by atoms with Gasteiger partial charge in [-0.05, 0) is 42.7 Å². The number of pyridine rings is 1. The molecule has 0 radical (unpaired) electrons. The van der Waals surface area contributed by atoms with Gasteiger partial charge >= 0.3 is 0 Å². The first-order valence-electron chi connectivity index (χ1n) is 7.79. The maximum absolute atomic E-state index is 13.3. The number of benzene rings is 1. The van der Waals surface area contributed by atoms with Gasteiger partial charge in [0, 0.05) is 25.1 Å². The smallest absolute Gasteiger partial charge is 0.264 e. The quantitative estimate of drug-likeness (QED) is 0.565.